The van der Waals surface area contributed by atoms with Crippen molar-refractivity contribution in [2.45, 2.75) is 24.7 Å². The highest BCUT2D eigenvalue weighted by Gasteiger charge is 2.30. The molecule has 0 atom stereocenters. The number of nitrogens with zero attached hydrogens (tertiary/aromatic N) is 3. The maximum Gasteiger partial charge on any atom is 0.246 e. The third-order valence-corrected chi connectivity index (χ3v) is 5.02. The number of rotatable bonds is 4. The summed E-state index contributed by atoms with van der Waals surface area (Å²) < 4.78 is 27.4. The van der Waals surface area contributed by atoms with Crippen LogP contribution in [-0.2, 0) is 17.1 Å². The van der Waals surface area contributed by atoms with Crippen LogP contribution < -0.4 is 0 Å². The van der Waals surface area contributed by atoms with E-state index in [9.17, 15) is 8.42 Å². The van der Waals surface area contributed by atoms with Crippen LogP contribution in [0.15, 0.2) is 11.1 Å². The van der Waals surface area contributed by atoms with E-state index >= 15 is 0 Å². The fourth-order valence-corrected chi connectivity index (χ4v) is 3.09. The summed E-state index contributed by atoms with van der Waals surface area (Å²) >= 11 is 0. The van der Waals surface area contributed by atoms with Gasteiger partial charge in [0.1, 0.15) is 4.90 Å². The first kappa shape index (κ1) is 11.6. The second-order valence-corrected chi connectivity index (χ2v) is 6.46. The molecule has 1 aliphatic carbocycles. The maximum absolute atomic E-state index is 12.2. The molecule has 1 fully saturated rings. The number of hydrogen-bond donors (Lipinski definition) is 0. The van der Waals surface area contributed by atoms with Crippen LogP contribution in [0.1, 0.15) is 18.5 Å². The minimum absolute atomic E-state index is 0.318. The summed E-state index contributed by atoms with van der Waals surface area (Å²) in [4.78, 5) is 0.318. The van der Waals surface area contributed by atoms with Crippen molar-refractivity contribution in [1.29, 1.82) is 0 Å². The molecule has 0 radical (unpaired) electrons. The lowest BCUT2D eigenvalue weighted by molar-refractivity contribution is 0.452. The van der Waals surface area contributed by atoms with E-state index in [0.29, 0.717) is 23.1 Å². The quantitative estimate of drug-likeness (QED) is 0.784. The van der Waals surface area contributed by atoms with Crippen molar-refractivity contribution in [1.82, 2.24) is 14.1 Å². The molecule has 1 saturated carbocycles. The molecule has 1 aromatic rings. The molecule has 0 aromatic carbocycles. The second-order valence-electron chi connectivity index (χ2n) is 4.45. The first-order valence-electron chi connectivity index (χ1n) is 5.38. The molecule has 6 heteroatoms. The Balaban J connectivity index is 2.26. The van der Waals surface area contributed by atoms with Gasteiger partial charge in [-0.3, -0.25) is 4.68 Å². The summed E-state index contributed by atoms with van der Waals surface area (Å²) in [6.07, 6.45) is 3.71. The van der Waals surface area contributed by atoms with Crippen LogP contribution in [0, 0.1) is 12.8 Å². The standard InChI is InChI=1S/C10H17N3O2S/c1-8-10(6-11-13(8)3)16(14,15)12(2)7-9-4-5-9/h6,9H,4-5,7H2,1-3H3. The zero-order chi connectivity index (χ0) is 11.9. The van der Waals surface area contributed by atoms with Crippen LogP contribution in [-0.4, -0.2) is 36.1 Å². The molecule has 1 aliphatic rings. The van der Waals surface area contributed by atoms with E-state index < -0.39 is 10.0 Å². The van der Waals surface area contributed by atoms with Crippen LogP contribution in [0.5, 0.6) is 0 Å². The molecule has 2 rings (SSSR count). The average molecular weight is 243 g/mol. The van der Waals surface area contributed by atoms with Crippen LogP contribution in [0.25, 0.3) is 0 Å². The van der Waals surface area contributed by atoms with Crippen LogP contribution in [0.2, 0.25) is 0 Å². The van der Waals surface area contributed by atoms with Gasteiger partial charge in [0.2, 0.25) is 10.0 Å². The molecule has 0 unspecified atom stereocenters. The van der Waals surface area contributed by atoms with E-state index in [1.54, 1.807) is 25.7 Å². The third kappa shape index (κ3) is 1.99. The van der Waals surface area contributed by atoms with Crippen molar-refractivity contribution < 1.29 is 8.42 Å². The van der Waals surface area contributed by atoms with Crippen molar-refractivity contribution in [3.63, 3.8) is 0 Å². The Morgan fingerprint density at radius 1 is 1.56 bits per heavy atom. The van der Waals surface area contributed by atoms with Gasteiger partial charge >= 0.3 is 0 Å². The van der Waals surface area contributed by atoms with Gasteiger partial charge in [-0.05, 0) is 25.7 Å². The Kier molecular flexibility index (Phi) is 2.79. The van der Waals surface area contributed by atoms with Gasteiger partial charge in [-0.2, -0.15) is 5.10 Å². The van der Waals surface area contributed by atoms with Crippen molar-refractivity contribution in [2.75, 3.05) is 13.6 Å². The summed E-state index contributed by atoms with van der Waals surface area (Å²) in [6, 6.07) is 0. The molecule has 0 spiro atoms. The second kappa shape index (κ2) is 3.85. The van der Waals surface area contributed by atoms with E-state index in [1.165, 1.54) is 10.5 Å². The molecule has 1 heterocycles. The molecular formula is C10H17N3O2S. The molecule has 90 valence electrons. The summed E-state index contributed by atoms with van der Waals surface area (Å²) in [6.45, 7) is 2.39. The number of aryl methyl sites for hydroxylation is 1. The lowest BCUT2D eigenvalue weighted by Crippen LogP contribution is -2.29. The van der Waals surface area contributed by atoms with E-state index in [2.05, 4.69) is 5.10 Å². The first-order chi connectivity index (χ1) is 7.43. The van der Waals surface area contributed by atoms with Crippen molar-refractivity contribution in [2.24, 2.45) is 13.0 Å². The Labute approximate surface area is 96.1 Å². The molecule has 0 N–H and O–H groups in total. The Bertz CT molecular complexity index is 488. The number of hydrogen-bond acceptors (Lipinski definition) is 3. The third-order valence-electron chi connectivity index (χ3n) is 3.09. The van der Waals surface area contributed by atoms with Gasteiger partial charge in [0.15, 0.2) is 0 Å². The van der Waals surface area contributed by atoms with Crippen molar-refractivity contribution in [3.05, 3.63) is 11.9 Å². The largest absolute Gasteiger partial charge is 0.272 e. The van der Waals surface area contributed by atoms with E-state index in [0.717, 1.165) is 12.8 Å². The predicted octanol–water partition coefficient (Wildman–Crippen LogP) is 0.759. The number of sulfonamides is 1. The van der Waals surface area contributed by atoms with Gasteiger partial charge < -0.3 is 0 Å². The number of aromatic nitrogens is 2. The highest BCUT2D eigenvalue weighted by molar-refractivity contribution is 7.89. The Morgan fingerprint density at radius 2 is 2.19 bits per heavy atom. The van der Waals surface area contributed by atoms with E-state index in [1.807, 2.05) is 0 Å². The van der Waals surface area contributed by atoms with Crippen molar-refractivity contribution in [3.8, 4) is 0 Å². The van der Waals surface area contributed by atoms with E-state index in [-0.39, 0.29) is 0 Å². The van der Waals surface area contributed by atoms with Gasteiger partial charge in [0, 0.05) is 20.6 Å². The molecule has 0 saturated heterocycles. The summed E-state index contributed by atoms with van der Waals surface area (Å²) in [5, 5.41) is 3.97. The van der Waals surface area contributed by atoms with Gasteiger partial charge in [-0.25, -0.2) is 12.7 Å². The van der Waals surface area contributed by atoms with Gasteiger partial charge in [-0.1, -0.05) is 0 Å². The lowest BCUT2D eigenvalue weighted by Gasteiger charge is -2.16. The molecule has 5 nitrogen and oxygen atoms in total. The maximum atomic E-state index is 12.2. The Morgan fingerprint density at radius 3 is 2.62 bits per heavy atom. The monoisotopic (exact) mass is 243 g/mol. The van der Waals surface area contributed by atoms with Crippen LogP contribution in [0.3, 0.4) is 0 Å². The molecular weight excluding hydrogens is 226 g/mol. The van der Waals surface area contributed by atoms with Gasteiger partial charge in [0.05, 0.1) is 11.9 Å². The molecule has 16 heavy (non-hydrogen) atoms. The van der Waals surface area contributed by atoms with Gasteiger partial charge in [-0.15, -0.1) is 0 Å². The normalized spacial score (nSPS) is 17.0. The Hall–Kier alpha value is -0.880. The first-order valence-corrected chi connectivity index (χ1v) is 6.82. The molecule has 0 bridgehead atoms. The smallest absolute Gasteiger partial charge is 0.246 e. The minimum Gasteiger partial charge on any atom is -0.272 e. The summed E-state index contributed by atoms with van der Waals surface area (Å²) in [5.74, 6) is 0.553. The van der Waals surface area contributed by atoms with E-state index in [4.69, 9.17) is 0 Å². The summed E-state index contributed by atoms with van der Waals surface area (Å²) in [7, 11) is 0.0304. The fraction of sp³-hybridized carbons (Fsp3) is 0.700. The molecule has 1 aromatic heterocycles. The minimum atomic E-state index is -3.35. The zero-order valence-electron chi connectivity index (χ0n) is 9.84. The SMILES string of the molecule is Cc1c(S(=O)(=O)N(C)CC2CC2)cnn1C. The van der Waals surface area contributed by atoms with Crippen LogP contribution in [0.4, 0.5) is 0 Å². The highest BCUT2D eigenvalue weighted by Crippen LogP contribution is 2.31. The van der Waals surface area contributed by atoms with Gasteiger partial charge in [0.25, 0.3) is 0 Å². The fourth-order valence-electron chi connectivity index (χ4n) is 1.66. The molecule has 0 aliphatic heterocycles. The topological polar surface area (TPSA) is 55.2 Å². The van der Waals surface area contributed by atoms with Crippen molar-refractivity contribution >= 4 is 10.0 Å². The zero-order valence-corrected chi connectivity index (χ0v) is 10.7. The predicted molar refractivity (Wildman–Crippen MR) is 60.5 cm³/mol. The summed E-state index contributed by atoms with van der Waals surface area (Å²) in [5.41, 5.74) is 0.683. The van der Waals surface area contributed by atoms with Crippen LogP contribution >= 0.6 is 0 Å². The average Bonchev–Trinajstić information content (AvgIpc) is 2.95. The highest BCUT2D eigenvalue weighted by atomic mass is 32.2. The lowest BCUT2D eigenvalue weighted by atomic mass is 10.4. The molecule has 0 amide bonds.